The zero-order chi connectivity index (χ0) is 22.1. The van der Waals surface area contributed by atoms with Crippen LogP contribution in [-0.2, 0) is 13.5 Å². The molecule has 4 aromatic heterocycles. The molecule has 1 aliphatic heterocycles. The first-order chi connectivity index (χ1) is 15.6. The third-order valence-electron chi connectivity index (χ3n) is 5.81. The van der Waals surface area contributed by atoms with Crippen molar-refractivity contribution in [2.75, 3.05) is 42.6 Å². The fourth-order valence-corrected chi connectivity index (χ4v) is 4.06. The number of anilines is 2. The number of nitrogens with zero attached hydrogens (tertiary/aromatic N) is 8. The summed E-state index contributed by atoms with van der Waals surface area (Å²) in [5, 5.41) is 27.4. The maximum Gasteiger partial charge on any atom is 0.225 e. The highest BCUT2D eigenvalue weighted by Crippen LogP contribution is 2.26. The van der Waals surface area contributed by atoms with Gasteiger partial charge >= 0.3 is 0 Å². The van der Waals surface area contributed by atoms with Gasteiger partial charge in [-0.2, -0.15) is 10.2 Å². The number of hydrogen-bond donors (Lipinski definition) is 2. The highest BCUT2D eigenvalue weighted by atomic mass is 16.3. The lowest BCUT2D eigenvalue weighted by atomic mass is 10.1. The summed E-state index contributed by atoms with van der Waals surface area (Å²) in [6.07, 6.45) is 10.8. The monoisotopic (exact) mass is 434 g/mol. The molecule has 0 aromatic carbocycles. The van der Waals surface area contributed by atoms with Crippen LogP contribution in [0.1, 0.15) is 5.56 Å². The molecule has 4 aromatic rings. The van der Waals surface area contributed by atoms with E-state index >= 15 is 0 Å². The number of aliphatic hydroxyl groups is 2. The van der Waals surface area contributed by atoms with E-state index in [1.165, 1.54) is 0 Å². The van der Waals surface area contributed by atoms with Gasteiger partial charge in [0, 0.05) is 75.6 Å². The van der Waals surface area contributed by atoms with Crippen LogP contribution in [0.4, 0.5) is 11.6 Å². The van der Waals surface area contributed by atoms with E-state index < -0.39 is 6.10 Å². The second-order valence-corrected chi connectivity index (χ2v) is 8.09. The lowest BCUT2D eigenvalue weighted by molar-refractivity contribution is 0.0954. The predicted molar refractivity (Wildman–Crippen MR) is 121 cm³/mol. The van der Waals surface area contributed by atoms with Crippen molar-refractivity contribution in [2.45, 2.75) is 12.5 Å². The summed E-state index contributed by atoms with van der Waals surface area (Å²) in [6.45, 7) is 3.05. The molecule has 0 amide bonds. The van der Waals surface area contributed by atoms with E-state index in [9.17, 15) is 5.11 Å². The molecule has 0 saturated carbocycles. The van der Waals surface area contributed by atoms with E-state index in [1.54, 1.807) is 17.1 Å². The summed E-state index contributed by atoms with van der Waals surface area (Å²) < 4.78 is 3.72. The molecule has 1 saturated heterocycles. The van der Waals surface area contributed by atoms with Crippen LogP contribution < -0.4 is 9.80 Å². The Bertz CT molecular complexity index is 1190. The van der Waals surface area contributed by atoms with Crippen LogP contribution in [0, 0.1) is 0 Å². The number of rotatable bonds is 6. The average Bonchev–Trinajstić information content (AvgIpc) is 3.45. The maximum atomic E-state index is 9.57. The van der Waals surface area contributed by atoms with Crippen molar-refractivity contribution in [1.82, 2.24) is 29.4 Å². The van der Waals surface area contributed by atoms with Crippen molar-refractivity contribution >= 4 is 17.2 Å². The highest BCUT2D eigenvalue weighted by Gasteiger charge is 2.22. The normalized spacial score (nSPS) is 15.5. The molecule has 1 fully saturated rings. The SMILES string of the molecule is Cn1cc(-c2ccc3c(N4CCN(c5ncc(CC(O)CO)cn5)CC4)cnn3c2)cn1. The number of hydrogen-bond acceptors (Lipinski definition) is 8. The number of aliphatic hydroxyl groups excluding tert-OH is 2. The summed E-state index contributed by atoms with van der Waals surface area (Å²) in [7, 11) is 1.91. The smallest absolute Gasteiger partial charge is 0.225 e. The Morgan fingerprint density at radius 1 is 0.906 bits per heavy atom. The molecule has 166 valence electrons. The molecule has 0 radical (unpaired) electrons. The van der Waals surface area contributed by atoms with Gasteiger partial charge < -0.3 is 20.0 Å². The van der Waals surface area contributed by atoms with Crippen molar-refractivity contribution < 1.29 is 10.2 Å². The van der Waals surface area contributed by atoms with Crippen molar-refractivity contribution in [3.05, 3.63) is 54.9 Å². The minimum Gasteiger partial charge on any atom is -0.394 e. The summed E-state index contributed by atoms with van der Waals surface area (Å²) >= 11 is 0. The molecule has 0 bridgehead atoms. The van der Waals surface area contributed by atoms with Crippen LogP contribution in [0.3, 0.4) is 0 Å². The van der Waals surface area contributed by atoms with Gasteiger partial charge in [0.2, 0.25) is 5.95 Å². The minimum atomic E-state index is -0.778. The number of aryl methyl sites for hydroxylation is 1. The fraction of sp³-hybridized carbons (Fsp3) is 0.364. The van der Waals surface area contributed by atoms with E-state index in [0.29, 0.717) is 12.4 Å². The van der Waals surface area contributed by atoms with Gasteiger partial charge in [-0.25, -0.2) is 14.5 Å². The molecule has 0 spiro atoms. The van der Waals surface area contributed by atoms with Gasteiger partial charge in [-0.1, -0.05) is 6.07 Å². The van der Waals surface area contributed by atoms with Crippen molar-refractivity contribution in [3.63, 3.8) is 0 Å². The zero-order valence-corrected chi connectivity index (χ0v) is 17.9. The van der Waals surface area contributed by atoms with Crippen molar-refractivity contribution in [3.8, 4) is 11.1 Å². The number of aromatic nitrogens is 6. The fourth-order valence-electron chi connectivity index (χ4n) is 4.06. The summed E-state index contributed by atoms with van der Waals surface area (Å²) in [4.78, 5) is 13.4. The van der Waals surface area contributed by atoms with Crippen LogP contribution in [0.25, 0.3) is 16.6 Å². The molecule has 5 heterocycles. The van der Waals surface area contributed by atoms with Crippen LogP contribution in [0.5, 0.6) is 0 Å². The largest absolute Gasteiger partial charge is 0.394 e. The van der Waals surface area contributed by atoms with E-state index in [0.717, 1.165) is 54.1 Å². The zero-order valence-electron chi connectivity index (χ0n) is 17.9. The molecule has 10 heteroatoms. The molecule has 1 unspecified atom stereocenters. The number of pyridine rings is 1. The number of piperazine rings is 1. The third kappa shape index (κ3) is 4.02. The second kappa shape index (κ2) is 8.56. The van der Waals surface area contributed by atoms with E-state index in [-0.39, 0.29) is 6.61 Å². The van der Waals surface area contributed by atoms with Gasteiger partial charge in [-0.05, 0) is 11.6 Å². The van der Waals surface area contributed by atoms with Gasteiger partial charge in [0.05, 0.1) is 36.3 Å². The van der Waals surface area contributed by atoms with E-state index in [4.69, 9.17) is 5.11 Å². The van der Waals surface area contributed by atoms with Crippen molar-refractivity contribution in [2.24, 2.45) is 7.05 Å². The standard InChI is InChI=1S/C22H26N8O2/c1-27-13-18(11-25-27)17-2-3-20-21(12-26-30(20)14-17)28-4-6-29(7-5-28)22-23-9-16(10-24-22)8-19(32)15-31/h2-3,9-14,19,31-32H,4-8,15H2,1H3. The quantitative estimate of drug-likeness (QED) is 0.458. The van der Waals surface area contributed by atoms with Gasteiger partial charge in [0.1, 0.15) is 0 Å². The Labute approximate surface area is 185 Å². The Hall–Kier alpha value is -3.50. The van der Waals surface area contributed by atoms with Crippen LogP contribution in [0.2, 0.25) is 0 Å². The molecule has 1 atom stereocenters. The molecule has 10 nitrogen and oxygen atoms in total. The van der Waals surface area contributed by atoms with Crippen LogP contribution in [0.15, 0.2) is 49.3 Å². The Kier molecular flexibility index (Phi) is 5.46. The minimum absolute atomic E-state index is 0.266. The molecule has 0 aliphatic carbocycles. The lowest BCUT2D eigenvalue weighted by Gasteiger charge is -2.35. The predicted octanol–water partition coefficient (Wildman–Crippen LogP) is 0.747. The molecule has 5 rings (SSSR count). The Morgan fingerprint density at radius 2 is 1.66 bits per heavy atom. The van der Waals surface area contributed by atoms with Crippen LogP contribution >= 0.6 is 0 Å². The second-order valence-electron chi connectivity index (χ2n) is 8.09. The van der Waals surface area contributed by atoms with Crippen LogP contribution in [-0.4, -0.2) is 78.5 Å². The van der Waals surface area contributed by atoms with E-state index in [2.05, 4.69) is 42.1 Å². The first kappa shape index (κ1) is 20.4. The molecular formula is C22H26N8O2. The average molecular weight is 435 g/mol. The van der Waals surface area contributed by atoms with Gasteiger partial charge in [0.15, 0.2) is 0 Å². The van der Waals surface area contributed by atoms with Gasteiger partial charge in [-0.15, -0.1) is 0 Å². The third-order valence-corrected chi connectivity index (χ3v) is 5.81. The summed E-state index contributed by atoms with van der Waals surface area (Å²) in [5.41, 5.74) is 5.16. The molecular weight excluding hydrogens is 408 g/mol. The van der Waals surface area contributed by atoms with Gasteiger partial charge in [-0.3, -0.25) is 4.68 Å². The molecule has 2 N–H and O–H groups in total. The Balaban J connectivity index is 1.26. The highest BCUT2D eigenvalue weighted by molar-refractivity contribution is 5.75. The summed E-state index contributed by atoms with van der Waals surface area (Å²) in [6, 6.07) is 4.22. The molecule has 32 heavy (non-hydrogen) atoms. The number of fused-ring (bicyclic) bond motifs is 1. The maximum absolute atomic E-state index is 9.57. The van der Waals surface area contributed by atoms with Gasteiger partial charge in [0.25, 0.3) is 0 Å². The summed E-state index contributed by atoms with van der Waals surface area (Å²) in [5.74, 6) is 0.688. The lowest BCUT2D eigenvalue weighted by Crippen LogP contribution is -2.47. The molecule has 1 aliphatic rings. The first-order valence-electron chi connectivity index (χ1n) is 10.7. The Morgan fingerprint density at radius 3 is 2.34 bits per heavy atom. The van der Waals surface area contributed by atoms with E-state index in [1.807, 2.05) is 36.4 Å². The van der Waals surface area contributed by atoms with Crippen molar-refractivity contribution in [1.29, 1.82) is 0 Å². The first-order valence-corrected chi connectivity index (χ1v) is 10.7. The topological polar surface area (TPSA) is 108 Å².